The minimum absolute atomic E-state index is 0.141. The third-order valence-corrected chi connectivity index (χ3v) is 5.37. The number of benzene rings is 1. The molecule has 6 heteroatoms. The first-order chi connectivity index (χ1) is 12.5. The maximum Gasteiger partial charge on any atom is 0.320 e. The highest BCUT2D eigenvalue weighted by molar-refractivity contribution is 5.74. The number of carbonyl (C=O) groups is 1. The van der Waals surface area contributed by atoms with Crippen molar-refractivity contribution in [2.24, 2.45) is 5.92 Å². The highest BCUT2D eigenvalue weighted by Crippen LogP contribution is 2.21. The smallest absolute Gasteiger partial charge is 0.320 e. The molecule has 0 spiro atoms. The zero-order valence-electron chi connectivity index (χ0n) is 15.9. The second kappa shape index (κ2) is 8.82. The third-order valence-electron chi connectivity index (χ3n) is 5.37. The summed E-state index contributed by atoms with van der Waals surface area (Å²) in [6.45, 7) is 10.3. The van der Waals surface area contributed by atoms with Crippen LogP contribution in [0.15, 0.2) is 24.3 Å². The van der Waals surface area contributed by atoms with Crippen LogP contribution >= 0.6 is 0 Å². The monoisotopic (exact) mass is 363 g/mol. The molecule has 0 aromatic heterocycles. The summed E-state index contributed by atoms with van der Waals surface area (Å²) >= 11 is 0. The highest BCUT2D eigenvalue weighted by Gasteiger charge is 2.31. The standard InChI is InChI=1S/C20H30FN3O2/c1-16(2)19-15-24(20(25)22-10-12-26-13-11-22)9-3-8-23(19)14-17-4-6-18(21)7-5-17/h4-7,16,19H,3,8-15H2,1-2H3. The molecule has 2 fully saturated rings. The molecule has 144 valence electrons. The molecule has 2 aliphatic heterocycles. The topological polar surface area (TPSA) is 36.0 Å². The molecule has 2 heterocycles. The van der Waals surface area contributed by atoms with Crippen LogP contribution in [0.1, 0.15) is 25.8 Å². The summed E-state index contributed by atoms with van der Waals surface area (Å²) in [4.78, 5) is 19.3. The number of carbonyl (C=O) groups excluding carboxylic acids is 1. The molecule has 2 saturated heterocycles. The summed E-state index contributed by atoms with van der Waals surface area (Å²) in [6.07, 6.45) is 0.959. The molecular formula is C20H30FN3O2. The number of urea groups is 1. The SMILES string of the molecule is CC(C)C1CN(C(=O)N2CCOCC2)CCCN1Cc1ccc(F)cc1. The van der Waals surface area contributed by atoms with Gasteiger partial charge in [0.25, 0.3) is 0 Å². The zero-order valence-corrected chi connectivity index (χ0v) is 15.9. The molecule has 5 nitrogen and oxygen atoms in total. The van der Waals surface area contributed by atoms with Crippen molar-refractivity contribution in [1.29, 1.82) is 0 Å². The van der Waals surface area contributed by atoms with Crippen molar-refractivity contribution in [3.63, 3.8) is 0 Å². The van der Waals surface area contributed by atoms with Gasteiger partial charge in [-0.1, -0.05) is 26.0 Å². The summed E-state index contributed by atoms with van der Waals surface area (Å²) in [6, 6.07) is 7.19. The van der Waals surface area contributed by atoms with E-state index >= 15 is 0 Å². The van der Waals surface area contributed by atoms with E-state index in [0.717, 1.165) is 38.2 Å². The van der Waals surface area contributed by atoms with Crippen LogP contribution in [0.5, 0.6) is 0 Å². The molecule has 1 unspecified atom stereocenters. The van der Waals surface area contributed by atoms with Crippen molar-refractivity contribution >= 4 is 6.03 Å². The molecule has 1 aromatic rings. The van der Waals surface area contributed by atoms with E-state index < -0.39 is 0 Å². The molecule has 2 amide bonds. The Balaban J connectivity index is 1.68. The quantitative estimate of drug-likeness (QED) is 0.829. The summed E-state index contributed by atoms with van der Waals surface area (Å²) in [5.41, 5.74) is 1.12. The lowest BCUT2D eigenvalue weighted by molar-refractivity contribution is 0.0412. The minimum Gasteiger partial charge on any atom is -0.378 e. The maximum atomic E-state index is 13.2. The van der Waals surface area contributed by atoms with Gasteiger partial charge in [0, 0.05) is 45.3 Å². The van der Waals surface area contributed by atoms with Crippen LogP contribution in [0.2, 0.25) is 0 Å². The van der Waals surface area contributed by atoms with Crippen LogP contribution in [0.4, 0.5) is 9.18 Å². The van der Waals surface area contributed by atoms with Crippen LogP contribution in [0.3, 0.4) is 0 Å². The van der Waals surface area contributed by atoms with Crippen LogP contribution in [-0.4, -0.2) is 72.7 Å². The number of amides is 2. The predicted molar refractivity (Wildman–Crippen MR) is 99.4 cm³/mol. The fourth-order valence-electron chi connectivity index (χ4n) is 3.84. The van der Waals surface area contributed by atoms with Gasteiger partial charge in [-0.2, -0.15) is 0 Å². The molecule has 0 bridgehead atoms. The molecule has 0 radical (unpaired) electrons. The van der Waals surface area contributed by atoms with E-state index in [-0.39, 0.29) is 11.8 Å². The Morgan fingerprint density at radius 2 is 1.81 bits per heavy atom. The Morgan fingerprint density at radius 1 is 1.12 bits per heavy atom. The molecule has 2 aliphatic rings. The third kappa shape index (κ3) is 4.74. The van der Waals surface area contributed by atoms with Crippen LogP contribution in [0.25, 0.3) is 0 Å². The Kier molecular flexibility index (Phi) is 6.48. The summed E-state index contributed by atoms with van der Waals surface area (Å²) < 4.78 is 18.5. The number of nitrogens with zero attached hydrogens (tertiary/aromatic N) is 3. The van der Waals surface area contributed by atoms with Crippen LogP contribution in [0, 0.1) is 11.7 Å². The molecule has 1 atom stereocenters. The van der Waals surface area contributed by atoms with Gasteiger partial charge in [0.2, 0.25) is 0 Å². The van der Waals surface area contributed by atoms with Gasteiger partial charge in [0.05, 0.1) is 13.2 Å². The van der Waals surface area contributed by atoms with E-state index in [9.17, 15) is 9.18 Å². The van der Waals surface area contributed by atoms with Gasteiger partial charge in [-0.15, -0.1) is 0 Å². The molecule has 26 heavy (non-hydrogen) atoms. The summed E-state index contributed by atoms with van der Waals surface area (Å²) in [5, 5.41) is 0. The Labute approximate surface area is 155 Å². The van der Waals surface area contributed by atoms with Crippen molar-refractivity contribution in [3.8, 4) is 0 Å². The highest BCUT2D eigenvalue weighted by atomic mass is 19.1. The Bertz CT molecular complexity index is 587. The first-order valence-corrected chi connectivity index (χ1v) is 9.64. The minimum atomic E-state index is -0.202. The lowest BCUT2D eigenvalue weighted by Crippen LogP contribution is -2.51. The van der Waals surface area contributed by atoms with Gasteiger partial charge in [-0.25, -0.2) is 9.18 Å². The van der Waals surface area contributed by atoms with E-state index in [1.165, 1.54) is 12.1 Å². The first-order valence-electron chi connectivity index (χ1n) is 9.64. The lowest BCUT2D eigenvalue weighted by Gasteiger charge is -2.37. The van der Waals surface area contributed by atoms with E-state index in [1.807, 2.05) is 21.9 Å². The fraction of sp³-hybridized carbons (Fsp3) is 0.650. The molecule has 0 aliphatic carbocycles. The molecule has 3 rings (SSSR count). The van der Waals surface area contributed by atoms with Gasteiger partial charge in [0.1, 0.15) is 5.82 Å². The zero-order chi connectivity index (χ0) is 18.5. The average Bonchev–Trinajstić information content (AvgIpc) is 2.86. The molecule has 1 aromatic carbocycles. The number of morpholine rings is 1. The van der Waals surface area contributed by atoms with Gasteiger partial charge in [-0.05, 0) is 30.0 Å². The van der Waals surface area contributed by atoms with Crippen molar-refractivity contribution in [2.45, 2.75) is 32.9 Å². The van der Waals surface area contributed by atoms with E-state index in [2.05, 4.69) is 18.7 Å². The number of hydrogen-bond donors (Lipinski definition) is 0. The first kappa shape index (κ1) is 19.1. The summed E-state index contributed by atoms with van der Waals surface area (Å²) in [5.74, 6) is 0.237. The number of hydrogen-bond acceptors (Lipinski definition) is 3. The molecular weight excluding hydrogens is 333 g/mol. The van der Waals surface area contributed by atoms with E-state index in [0.29, 0.717) is 38.3 Å². The van der Waals surface area contributed by atoms with Crippen molar-refractivity contribution in [3.05, 3.63) is 35.6 Å². The van der Waals surface area contributed by atoms with Gasteiger partial charge >= 0.3 is 6.03 Å². The predicted octanol–water partition coefficient (Wildman–Crippen LogP) is 2.81. The average molecular weight is 363 g/mol. The normalized spacial score (nSPS) is 22.5. The van der Waals surface area contributed by atoms with Crippen LogP contribution in [-0.2, 0) is 11.3 Å². The van der Waals surface area contributed by atoms with Crippen molar-refractivity contribution < 1.29 is 13.9 Å². The maximum absolute atomic E-state index is 13.2. The fourth-order valence-corrected chi connectivity index (χ4v) is 3.84. The van der Waals surface area contributed by atoms with Crippen LogP contribution < -0.4 is 0 Å². The molecule has 0 saturated carbocycles. The van der Waals surface area contributed by atoms with Crippen molar-refractivity contribution in [2.75, 3.05) is 45.9 Å². The Morgan fingerprint density at radius 3 is 2.46 bits per heavy atom. The Hall–Kier alpha value is -1.66. The lowest BCUT2D eigenvalue weighted by atomic mass is 10.0. The van der Waals surface area contributed by atoms with Gasteiger partial charge in [0.15, 0.2) is 0 Å². The second-order valence-corrected chi connectivity index (χ2v) is 7.59. The van der Waals surface area contributed by atoms with Crippen molar-refractivity contribution in [1.82, 2.24) is 14.7 Å². The molecule has 0 N–H and O–H groups in total. The summed E-state index contributed by atoms with van der Waals surface area (Å²) in [7, 11) is 0. The van der Waals surface area contributed by atoms with Gasteiger partial charge < -0.3 is 14.5 Å². The number of ether oxygens (including phenoxy) is 1. The number of rotatable bonds is 3. The van der Waals surface area contributed by atoms with E-state index in [4.69, 9.17) is 4.74 Å². The van der Waals surface area contributed by atoms with E-state index in [1.54, 1.807) is 0 Å². The number of halogens is 1. The second-order valence-electron chi connectivity index (χ2n) is 7.59. The van der Waals surface area contributed by atoms with Gasteiger partial charge in [-0.3, -0.25) is 4.90 Å². The largest absolute Gasteiger partial charge is 0.378 e.